The molecule has 4 heterocycles. The number of aromatic amines is 1. The number of anilines is 1. The topological polar surface area (TPSA) is 48.1 Å². The van der Waals surface area contributed by atoms with Crippen LogP contribution in [0.1, 0.15) is 18.7 Å². The van der Waals surface area contributed by atoms with Crippen molar-refractivity contribution in [3.63, 3.8) is 0 Å². The molecule has 4 rings (SSSR count). The summed E-state index contributed by atoms with van der Waals surface area (Å²) < 4.78 is 0. The molecule has 1 N–H and O–H groups in total. The largest absolute Gasteiger partial charge is 0.351 e. The Morgan fingerprint density at radius 3 is 3.00 bits per heavy atom. The van der Waals surface area contributed by atoms with Crippen LogP contribution in [0.3, 0.4) is 0 Å². The number of fused-ring (bicyclic) bond motifs is 2. The second-order valence-corrected chi connectivity index (χ2v) is 6.19. The summed E-state index contributed by atoms with van der Waals surface area (Å²) >= 11 is 0. The molecule has 2 aliphatic heterocycles. The Hall–Kier alpha value is -1.62. The van der Waals surface area contributed by atoms with Crippen LogP contribution in [0, 0.1) is 12.8 Å². The Kier molecular flexibility index (Phi) is 2.70. The van der Waals surface area contributed by atoms with E-state index < -0.39 is 0 Å². The van der Waals surface area contributed by atoms with Gasteiger partial charge in [0.05, 0.1) is 5.39 Å². The second kappa shape index (κ2) is 4.45. The standard InChI is InChI=1S/C15H21N5/c1-10-17-14-12(3-6-16-14)15(18-10)20-8-5-11-4-7-19(2)9-13(11)20/h3,6,11,13H,4-5,7-9H2,1-2H3,(H,16,17,18)/t11-,13-/m1/s1. The number of likely N-dealkylation sites (tertiary alicyclic amines) is 1. The second-order valence-electron chi connectivity index (χ2n) is 6.19. The van der Waals surface area contributed by atoms with Gasteiger partial charge in [0.25, 0.3) is 0 Å². The van der Waals surface area contributed by atoms with Gasteiger partial charge < -0.3 is 14.8 Å². The van der Waals surface area contributed by atoms with Gasteiger partial charge >= 0.3 is 0 Å². The number of nitrogens with one attached hydrogen (secondary N) is 1. The molecule has 106 valence electrons. The van der Waals surface area contributed by atoms with Crippen molar-refractivity contribution >= 4 is 16.9 Å². The summed E-state index contributed by atoms with van der Waals surface area (Å²) in [5.41, 5.74) is 0.958. The summed E-state index contributed by atoms with van der Waals surface area (Å²) in [7, 11) is 2.23. The van der Waals surface area contributed by atoms with E-state index in [-0.39, 0.29) is 0 Å². The third kappa shape index (κ3) is 1.80. The summed E-state index contributed by atoms with van der Waals surface area (Å²) in [5.74, 6) is 2.80. The summed E-state index contributed by atoms with van der Waals surface area (Å²) in [6, 6.07) is 2.71. The molecule has 0 unspecified atom stereocenters. The van der Waals surface area contributed by atoms with E-state index in [2.05, 4.69) is 32.9 Å². The van der Waals surface area contributed by atoms with Crippen molar-refractivity contribution < 1.29 is 0 Å². The van der Waals surface area contributed by atoms with Gasteiger partial charge in [0, 0.05) is 25.3 Å². The highest BCUT2D eigenvalue weighted by Gasteiger charge is 2.38. The average Bonchev–Trinajstić information content (AvgIpc) is 3.03. The molecule has 5 nitrogen and oxygen atoms in total. The van der Waals surface area contributed by atoms with Crippen LogP contribution in [0.25, 0.3) is 11.0 Å². The van der Waals surface area contributed by atoms with E-state index in [1.807, 2.05) is 13.1 Å². The summed E-state index contributed by atoms with van der Waals surface area (Å²) in [4.78, 5) is 17.4. The van der Waals surface area contributed by atoms with Gasteiger partial charge in [0.1, 0.15) is 17.3 Å². The summed E-state index contributed by atoms with van der Waals surface area (Å²) in [6.07, 6.45) is 4.58. The van der Waals surface area contributed by atoms with Gasteiger partial charge in [-0.25, -0.2) is 9.97 Å². The number of nitrogens with zero attached hydrogens (tertiary/aromatic N) is 4. The summed E-state index contributed by atoms with van der Waals surface area (Å²) in [6.45, 7) is 5.49. The lowest BCUT2D eigenvalue weighted by Crippen LogP contribution is -2.47. The van der Waals surface area contributed by atoms with E-state index in [1.54, 1.807) is 0 Å². The average molecular weight is 271 g/mol. The van der Waals surface area contributed by atoms with Crippen molar-refractivity contribution in [3.05, 3.63) is 18.1 Å². The van der Waals surface area contributed by atoms with Crippen molar-refractivity contribution in [1.82, 2.24) is 19.9 Å². The quantitative estimate of drug-likeness (QED) is 0.859. The molecule has 2 aromatic heterocycles. The van der Waals surface area contributed by atoms with Gasteiger partial charge in [-0.15, -0.1) is 0 Å². The molecule has 0 saturated carbocycles. The van der Waals surface area contributed by atoms with Crippen molar-refractivity contribution in [1.29, 1.82) is 0 Å². The molecule has 0 aliphatic carbocycles. The normalized spacial score (nSPS) is 27.2. The molecule has 2 fully saturated rings. The minimum Gasteiger partial charge on any atom is -0.351 e. The van der Waals surface area contributed by atoms with Crippen LogP contribution < -0.4 is 4.90 Å². The number of aromatic nitrogens is 3. The Balaban J connectivity index is 1.77. The zero-order valence-electron chi connectivity index (χ0n) is 12.1. The van der Waals surface area contributed by atoms with Gasteiger partial charge in [-0.2, -0.15) is 0 Å². The lowest BCUT2D eigenvalue weighted by Gasteiger charge is -2.37. The van der Waals surface area contributed by atoms with Crippen LogP contribution in [0.15, 0.2) is 12.3 Å². The highest BCUT2D eigenvalue weighted by molar-refractivity contribution is 5.87. The van der Waals surface area contributed by atoms with Crippen molar-refractivity contribution in [2.75, 3.05) is 31.6 Å². The van der Waals surface area contributed by atoms with Crippen LogP contribution in [0.4, 0.5) is 5.82 Å². The molecule has 2 aromatic rings. The Bertz CT molecular complexity index is 634. The molecule has 5 heteroatoms. The van der Waals surface area contributed by atoms with Gasteiger partial charge in [-0.1, -0.05) is 0 Å². The molecule has 2 atom stereocenters. The van der Waals surface area contributed by atoms with E-state index in [4.69, 9.17) is 4.98 Å². The molecule has 20 heavy (non-hydrogen) atoms. The van der Waals surface area contributed by atoms with Crippen LogP contribution >= 0.6 is 0 Å². The van der Waals surface area contributed by atoms with Gasteiger partial charge in [0.2, 0.25) is 0 Å². The number of aryl methyl sites for hydroxylation is 1. The van der Waals surface area contributed by atoms with Gasteiger partial charge in [-0.3, -0.25) is 0 Å². The van der Waals surface area contributed by atoms with Gasteiger partial charge in [0.15, 0.2) is 0 Å². The number of piperidine rings is 1. The first kappa shape index (κ1) is 12.1. The van der Waals surface area contributed by atoms with E-state index in [0.29, 0.717) is 6.04 Å². The zero-order chi connectivity index (χ0) is 13.7. The van der Waals surface area contributed by atoms with Crippen LogP contribution in [-0.4, -0.2) is 52.6 Å². The first-order valence-electron chi connectivity index (χ1n) is 7.49. The predicted molar refractivity (Wildman–Crippen MR) is 80.0 cm³/mol. The van der Waals surface area contributed by atoms with E-state index in [1.165, 1.54) is 19.4 Å². The highest BCUT2D eigenvalue weighted by Crippen LogP contribution is 2.36. The minimum absolute atomic E-state index is 0.612. The molecule has 2 aliphatic rings. The Morgan fingerprint density at radius 2 is 2.10 bits per heavy atom. The third-order valence-electron chi connectivity index (χ3n) is 4.85. The van der Waals surface area contributed by atoms with Crippen molar-refractivity contribution in [2.24, 2.45) is 5.92 Å². The third-order valence-corrected chi connectivity index (χ3v) is 4.85. The molecule has 0 aromatic carbocycles. The summed E-state index contributed by atoms with van der Waals surface area (Å²) in [5, 5.41) is 1.16. The van der Waals surface area contributed by atoms with E-state index in [0.717, 1.165) is 41.7 Å². The lowest BCUT2D eigenvalue weighted by atomic mass is 9.92. The zero-order valence-corrected chi connectivity index (χ0v) is 12.1. The maximum atomic E-state index is 4.75. The fourth-order valence-corrected chi connectivity index (χ4v) is 3.81. The first-order chi connectivity index (χ1) is 9.72. The molecule has 0 spiro atoms. The molecular weight excluding hydrogens is 250 g/mol. The predicted octanol–water partition coefficient (Wildman–Crippen LogP) is 1.80. The number of hydrogen-bond donors (Lipinski definition) is 1. The van der Waals surface area contributed by atoms with Crippen LogP contribution in [-0.2, 0) is 0 Å². The van der Waals surface area contributed by atoms with Crippen LogP contribution in [0.2, 0.25) is 0 Å². The first-order valence-corrected chi connectivity index (χ1v) is 7.49. The van der Waals surface area contributed by atoms with E-state index in [9.17, 15) is 0 Å². The lowest BCUT2D eigenvalue weighted by molar-refractivity contribution is 0.208. The number of likely N-dealkylation sites (N-methyl/N-ethyl adjacent to an activating group) is 1. The van der Waals surface area contributed by atoms with Gasteiger partial charge in [-0.05, 0) is 45.3 Å². The number of H-pyrrole nitrogens is 1. The Labute approximate surface area is 119 Å². The highest BCUT2D eigenvalue weighted by atomic mass is 15.3. The molecule has 0 amide bonds. The van der Waals surface area contributed by atoms with Crippen LogP contribution in [0.5, 0.6) is 0 Å². The maximum Gasteiger partial charge on any atom is 0.143 e. The molecule has 2 saturated heterocycles. The SMILES string of the molecule is Cc1nc(N2CC[C@H]3CCN(C)C[C@H]32)c2cc[nH]c2n1. The Morgan fingerprint density at radius 1 is 1.25 bits per heavy atom. The van der Waals surface area contributed by atoms with E-state index >= 15 is 0 Å². The van der Waals surface area contributed by atoms with Crippen molar-refractivity contribution in [2.45, 2.75) is 25.8 Å². The van der Waals surface area contributed by atoms with Crippen molar-refractivity contribution in [3.8, 4) is 0 Å². The number of hydrogen-bond acceptors (Lipinski definition) is 4. The molecule has 0 bridgehead atoms. The monoisotopic (exact) mass is 271 g/mol. The number of rotatable bonds is 1. The fourth-order valence-electron chi connectivity index (χ4n) is 3.81. The smallest absolute Gasteiger partial charge is 0.143 e. The maximum absolute atomic E-state index is 4.75. The fraction of sp³-hybridized carbons (Fsp3) is 0.600. The molecular formula is C15H21N5. The molecule has 0 radical (unpaired) electrons. The minimum atomic E-state index is 0.612.